The average molecular weight is 310 g/mol. The van der Waals surface area contributed by atoms with Crippen LogP contribution in [0, 0.1) is 0 Å². The fraction of sp³-hybridized carbons (Fsp3) is 0.778. The Balaban J connectivity index is 1.75. The van der Waals surface area contributed by atoms with Crippen molar-refractivity contribution in [2.45, 2.75) is 24.4 Å². The number of carbonyl (C=O) groups excluding carboxylic acids is 2. The monoisotopic (exact) mass is 310 g/mol. The zero-order valence-corrected chi connectivity index (χ0v) is 10.7. The predicted molar refractivity (Wildman–Crippen MR) is 55.6 cm³/mol. The van der Waals surface area contributed by atoms with Gasteiger partial charge in [0, 0.05) is 0 Å². The summed E-state index contributed by atoms with van der Waals surface area (Å²) in [5.41, 5.74) is 0. The maximum atomic E-state index is 11.2. The van der Waals surface area contributed by atoms with Crippen molar-refractivity contribution in [3.8, 4) is 0 Å². The van der Waals surface area contributed by atoms with Crippen LogP contribution in [0.3, 0.4) is 0 Å². The van der Waals surface area contributed by atoms with Crippen molar-refractivity contribution in [3.63, 3.8) is 0 Å². The summed E-state index contributed by atoms with van der Waals surface area (Å²) in [5, 5.41) is 0. The Kier molecular flexibility index (Phi) is 3.28. The first-order valence-corrected chi connectivity index (χ1v) is 7.00. The molecule has 0 aromatic rings. The molecule has 3 aliphatic rings. The number of cyclic esters (lactones) is 3. The minimum atomic E-state index is -4.10. The molecule has 3 fully saturated rings. The SMILES string of the molecule is O=C1COCC(C2OC(=O)OC2C2COS(=O)(=O)O2)O1. The minimum Gasteiger partial charge on any atom is -0.454 e. The number of rotatable bonds is 2. The molecule has 4 unspecified atom stereocenters. The van der Waals surface area contributed by atoms with Gasteiger partial charge in [-0.1, -0.05) is 0 Å². The number of hydrogen-bond acceptors (Lipinski definition) is 10. The molecule has 0 aromatic heterocycles. The number of hydrogen-bond donors (Lipinski definition) is 0. The van der Waals surface area contributed by atoms with E-state index in [1.165, 1.54) is 0 Å². The number of carbonyl (C=O) groups is 2. The van der Waals surface area contributed by atoms with Gasteiger partial charge < -0.3 is 18.9 Å². The van der Waals surface area contributed by atoms with E-state index in [0.717, 1.165) is 0 Å². The van der Waals surface area contributed by atoms with Crippen molar-refractivity contribution in [2.75, 3.05) is 19.8 Å². The van der Waals surface area contributed by atoms with Crippen LogP contribution in [0.1, 0.15) is 0 Å². The quantitative estimate of drug-likeness (QED) is 0.556. The van der Waals surface area contributed by atoms with Gasteiger partial charge >= 0.3 is 22.5 Å². The molecule has 0 N–H and O–H groups in total. The third kappa shape index (κ3) is 2.57. The Morgan fingerprint density at radius 2 is 1.65 bits per heavy atom. The van der Waals surface area contributed by atoms with Crippen LogP contribution in [0.5, 0.6) is 0 Å². The Labute approximate surface area is 113 Å². The zero-order chi connectivity index (χ0) is 14.3. The van der Waals surface area contributed by atoms with Crippen LogP contribution in [0.25, 0.3) is 0 Å². The molecule has 0 bridgehead atoms. The molecule has 0 radical (unpaired) electrons. The Bertz CT molecular complexity index is 527. The summed E-state index contributed by atoms with van der Waals surface area (Å²) >= 11 is 0. The van der Waals surface area contributed by atoms with Gasteiger partial charge in [0.15, 0.2) is 18.3 Å². The largest absolute Gasteiger partial charge is 0.509 e. The molecule has 4 atom stereocenters. The van der Waals surface area contributed by atoms with E-state index >= 15 is 0 Å². The molecular weight excluding hydrogens is 300 g/mol. The molecule has 3 heterocycles. The maximum Gasteiger partial charge on any atom is 0.509 e. The van der Waals surface area contributed by atoms with Gasteiger partial charge in [-0.2, -0.15) is 8.42 Å². The van der Waals surface area contributed by atoms with Gasteiger partial charge in [0.05, 0.1) is 6.61 Å². The lowest BCUT2D eigenvalue weighted by atomic mass is 10.0. The second-order valence-electron chi connectivity index (χ2n) is 4.29. The molecule has 3 rings (SSSR count). The zero-order valence-electron chi connectivity index (χ0n) is 9.92. The lowest BCUT2D eigenvalue weighted by Crippen LogP contribution is -2.49. The molecule has 11 heteroatoms. The first kappa shape index (κ1) is 13.5. The standard InChI is InChI=1S/C9H10O10S/c10-6-3-14-1-4(16-6)7-8(18-9(11)17-7)5-2-15-20(12,13)19-5/h4-5,7-8H,1-3H2. The van der Waals surface area contributed by atoms with E-state index in [1.54, 1.807) is 0 Å². The molecule has 20 heavy (non-hydrogen) atoms. The fourth-order valence-corrected chi connectivity index (χ4v) is 2.95. The van der Waals surface area contributed by atoms with Crippen LogP contribution < -0.4 is 0 Å². The Morgan fingerprint density at radius 1 is 0.950 bits per heavy atom. The van der Waals surface area contributed by atoms with Crippen LogP contribution in [0.2, 0.25) is 0 Å². The summed E-state index contributed by atoms with van der Waals surface area (Å²) in [7, 11) is -4.10. The van der Waals surface area contributed by atoms with Crippen LogP contribution >= 0.6 is 0 Å². The van der Waals surface area contributed by atoms with Gasteiger partial charge in [0.1, 0.15) is 19.3 Å². The average Bonchev–Trinajstić information content (AvgIpc) is 2.92. The second-order valence-corrected chi connectivity index (χ2v) is 5.53. The second kappa shape index (κ2) is 4.84. The van der Waals surface area contributed by atoms with Crippen LogP contribution in [0.4, 0.5) is 4.79 Å². The maximum absolute atomic E-state index is 11.2. The van der Waals surface area contributed by atoms with E-state index in [4.69, 9.17) is 18.9 Å². The molecule has 10 nitrogen and oxygen atoms in total. The minimum absolute atomic E-state index is 0.00384. The molecule has 0 saturated carbocycles. The van der Waals surface area contributed by atoms with E-state index in [9.17, 15) is 18.0 Å². The third-order valence-electron chi connectivity index (χ3n) is 2.92. The van der Waals surface area contributed by atoms with Crippen molar-refractivity contribution in [1.29, 1.82) is 0 Å². The summed E-state index contributed by atoms with van der Waals surface area (Å²) in [5.74, 6) is -0.612. The lowest BCUT2D eigenvalue weighted by Gasteiger charge is -2.28. The van der Waals surface area contributed by atoms with E-state index in [2.05, 4.69) is 8.37 Å². The molecule has 0 amide bonds. The van der Waals surface area contributed by atoms with Gasteiger partial charge in [-0.15, -0.1) is 0 Å². The summed E-state index contributed by atoms with van der Waals surface area (Å²) in [6, 6.07) is 0. The van der Waals surface area contributed by atoms with Gasteiger partial charge in [0.2, 0.25) is 0 Å². The Morgan fingerprint density at radius 3 is 2.25 bits per heavy atom. The molecule has 0 aliphatic carbocycles. The summed E-state index contributed by atoms with van der Waals surface area (Å²) in [6.45, 7) is -0.508. The first-order valence-electron chi connectivity index (χ1n) is 5.67. The molecule has 0 spiro atoms. The van der Waals surface area contributed by atoms with Crippen LogP contribution in [-0.2, 0) is 42.5 Å². The smallest absolute Gasteiger partial charge is 0.454 e. The van der Waals surface area contributed by atoms with Crippen molar-refractivity contribution < 1.29 is 45.3 Å². The molecule has 3 aliphatic heterocycles. The summed E-state index contributed by atoms with van der Waals surface area (Å²) < 4.78 is 51.0. The highest BCUT2D eigenvalue weighted by atomic mass is 32.3. The van der Waals surface area contributed by atoms with Gasteiger partial charge in [0.25, 0.3) is 0 Å². The van der Waals surface area contributed by atoms with Gasteiger partial charge in [-0.05, 0) is 0 Å². The van der Waals surface area contributed by atoms with Gasteiger partial charge in [-0.3, -0.25) is 0 Å². The van der Waals surface area contributed by atoms with Crippen molar-refractivity contribution in [1.82, 2.24) is 0 Å². The highest BCUT2D eigenvalue weighted by molar-refractivity contribution is 7.82. The highest BCUT2D eigenvalue weighted by Gasteiger charge is 2.52. The third-order valence-corrected chi connectivity index (χ3v) is 3.83. The molecule has 112 valence electrons. The summed E-state index contributed by atoms with van der Waals surface area (Å²) in [4.78, 5) is 22.4. The first-order chi connectivity index (χ1) is 9.44. The molecule has 0 aromatic carbocycles. The highest BCUT2D eigenvalue weighted by Crippen LogP contribution is 2.29. The van der Waals surface area contributed by atoms with E-state index < -0.39 is 46.9 Å². The normalized spacial score (nSPS) is 40.0. The van der Waals surface area contributed by atoms with E-state index in [0.29, 0.717) is 0 Å². The lowest BCUT2D eigenvalue weighted by molar-refractivity contribution is -0.181. The van der Waals surface area contributed by atoms with Crippen LogP contribution in [-0.4, -0.2) is 64.8 Å². The molecule has 3 saturated heterocycles. The Hall–Kier alpha value is -1.43. The molecular formula is C9H10O10S. The van der Waals surface area contributed by atoms with Crippen molar-refractivity contribution in [2.24, 2.45) is 0 Å². The van der Waals surface area contributed by atoms with Crippen molar-refractivity contribution >= 4 is 22.5 Å². The summed E-state index contributed by atoms with van der Waals surface area (Å²) in [6.07, 6.45) is -5.04. The van der Waals surface area contributed by atoms with Crippen molar-refractivity contribution in [3.05, 3.63) is 0 Å². The van der Waals surface area contributed by atoms with E-state index in [-0.39, 0.29) is 19.8 Å². The topological polar surface area (TPSA) is 124 Å². The number of ether oxygens (including phenoxy) is 4. The number of esters is 1. The van der Waals surface area contributed by atoms with E-state index in [1.807, 2.05) is 0 Å². The fourth-order valence-electron chi connectivity index (χ4n) is 2.12. The van der Waals surface area contributed by atoms with Gasteiger partial charge in [-0.25, -0.2) is 18.0 Å². The predicted octanol–water partition coefficient (Wildman–Crippen LogP) is -1.51. The van der Waals surface area contributed by atoms with Crippen LogP contribution in [0.15, 0.2) is 0 Å².